The molecule has 1 aliphatic carbocycles. The number of unbranched alkanes of at least 4 members (excludes halogenated alkanes) is 2. The van der Waals surface area contributed by atoms with Crippen LogP contribution in [0.25, 0.3) is 22.3 Å². The molecule has 274 valence electrons. The van der Waals surface area contributed by atoms with E-state index in [9.17, 15) is 26.3 Å². The van der Waals surface area contributed by atoms with E-state index in [4.69, 9.17) is 4.74 Å². The van der Waals surface area contributed by atoms with Gasteiger partial charge in [0.15, 0.2) is 17.4 Å². The highest BCUT2D eigenvalue weighted by Crippen LogP contribution is 2.42. The van der Waals surface area contributed by atoms with Crippen molar-refractivity contribution in [2.24, 2.45) is 5.92 Å². The van der Waals surface area contributed by atoms with Gasteiger partial charge in [0.25, 0.3) is 0 Å². The number of rotatable bonds is 13. The van der Waals surface area contributed by atoms with E-state index in [-0.39, 0.29) is 17.0 Å². The van der Waals surface area contributed by atoms with Gasteiger partial charge in [0.2, 0.25) is 0 Å². The van der Waals surface area contributed by atoms with Crippen molar-refractivity contribution in [3.05, 3.63) is 107 Å². The van der Waals surface area contributed by atoms with Crippen LogP contribution >= 0.6 is 0 Å². The Morgan fingerprint density at radius 3 is 1.76 bits per heavy atom. The number of hydrogen-bond acceptors (Lipinski definition) is 2. The Morgan fingerprint density at radius 1 is 0.647 bits per heavy atom. The average molecular weight is 731 g/mol. The third-order valence-corrected chi connectivity index (χ3v) is 9.09. The van der Waals surface area contributed by atoms with Crippen LogP contribution in [0.2, 0.25) is 0 Å². The molecule has 4 aromatic rings. The van der Waals surface area contributed by atoms with Crippen LogP contribution in [0.3, 0.4) is 0 Å². The fourth-order valence-corrected chi connectivity index (χ4v) is 6.41. The normalized spacial score (nSPS) is 16.8. The molecule has 0 bridgehead atoms. The predicted octanol–water partition coefficient (Wildman–Crippen LogP) is 12.9. The van der Waals surface area contributed by atoms with Crippen LogP contribution in [-0.4, -0.2) is 12.5 Å². The van der Waals surface area contributed by atoms with Gasteiger partial charge >= 0.3 is 18.6 Å². The van der Waals surface area contributed by atoms with Gasteiger partial charge < -0.3 is 9.47 Å². The van der Waals surface area contributed by atoms with Crippen molar-refractivity contribution in [2.75, 3.05) is 0 Å². The third kappa shape index (κ3) is 8.78. The van der Waals surface area contributed by atoms with Gasteiger partial charge in [-0.2, -0.15) is 26.3 Å². The highest BCUT2D eigenvalue weighted by Gasteiger charge is 2.45. The molecule has 51 heavy (non-hydrogen) atoms. The molecule has 1 aliphatic rings. The monoisotopic (exact) mass is 730 g/mol. The van der Waals surface area contributed by atoms with Gasteiger partial charge in [0.05, 0.1) is 0 Å². The van der Waals surface area contributed by atoms with E-state index in [1.54, 1.807) is 0 Å². The Balaban J connectivity index is 1.27. The van der Waals surface area contributed by atoms with Crippen LogP contribution in [0.4, 0.5) is 48.3 Å². The van der Waals surface area contributed by atoms with E-state index in [0.717, 1.165) is 87.8 Å². The van der Waals surface area contributed by atoms with E-state index in [2.05, 4.69) is 11.7 Å². The van der Waals surface area contributed by atoms with E-state index >= 15 is 22.0 Å². The standard InChI is InChI=1S/C38H33F11O2/c1-2-3-4-5-21-6-8-23(9-7-21)25-17-30(40)34(31(41)18-25)37(46,47)50-27-13-10-22(11-14-27)24-12-15-28(29(39)16-24)26-19-32(42)35(33(43)20-26)51-38(48,49)36(44)45/h10-21,23,36H,2-9H2,1H3. The Morgan fingerprint density at radius 2 is 1.22 bits per heavy atom. The van der Waals surface area contributed by atoms with Crippen LogP contribution in [0.15, 0.2) is 66.7 Å². The van der Waals surface area contributed by atoms with Crippen molar-refractivity contribution in [2.45, 2.75) is 82.9 Å². The molecule has 0 radical (unpaired) electrons. The molecule has 2 nitrogen and oxygen atoms in total. The molecule has 0 heterocycles. The fourth-order valence-electron chi connectivity index (χ4n) is 6.41. The van der Waals surface area contributed by atoms with E-state index in [1.165, 1.54) is 18.2 Å². The zero-order valence-electron chi connectivity index (χ0n) is 27.2. The average Bonchev–Trinajstić information content (AvgIpc) is 3.06. The highest BCUT2D eigenvalue weighted by atomic mass is 19.3. The summed E-state index contributed by atoms with van der Waals surface area (Å²) < 4.78 is 163. The molecule has 0 amide bonds. The fraction of sp³-hybridized carbons (Fsp3) is 0.368. The largest absolute Gasteiger partial charge is 0.461 e. The molecule has 0 unspecified atom stereocenters. The predicted molar refractivity (Wildman–Crippen MR) is 168 cm³/mol. The molecule has 0 atom stereocenters. The minimum absolute atomic E-state index is 0.134. The number of alkyl halides is 6. The van der Waals surface area contributed by atoms with Crippen molar-refractivity contribution in [3.8, 4) is 33.8 Å². The minimum atomic E-state index is -5.18. The van der Waals surface area contributed by atoms with Crippen molar-refractivity contribution in [1.29, 1.82) is 0 Å². The molecule has 4 aromatic carbocycles. The maximum atomic E-state index is 15.1. The summed E-state index contributed by atoms with van der Waals surface area (Å²) in [6.45, 7) is 2.13. The van der Waals surface area contributed by atoms with Crippen molar-refractivity contribution in [3.63, 3.8) is 0 Å². The SMILES string of the molecule is CCCCCC1CCC(c2cc(F)c(C(F)(F)Oc3ccc(-c4ccc(-c5cc(F)c(OC(F)(F)C(F)F)c(F)c5)c(F)c4)cc3)c(F)c2)CC1. The molecular weight excluding hydrogens is 697 g/mol. The smallest absolute Gasteiger partial charge is 0.429 e. The van der Waals surface area contributed by atoms with Crippen molar-refractivity contribution in [1.82, 2.24) is 0 Å². The summed E-state index contributed by atoms with van der Waals surface area (Å²) in [7, 11) is 0. The summed E-state index contributed by atoms with van der Waals surface area (Å²) in [5.41, 5.74) is -1.65. The first kappa shape index (κ1) is 38.0. The van der Waals surface area contributed by atoms with Gasteiger partial charge in [0.1, 0.15) is 28.8 Å². The Hall–Kier alpha value is -4.29. The lowest BCUT2D eigenvalue weighted by atomic mass is 9.77. The molecule has 0 spiro atoms. The zero-order chi connectivity index (χ0) is 37.1. The summed E-state index contributed by atoms with van der Waals surface area (Å²) in [5, 5.41) is 0. The summed E-state index contributed by atoms with van der Waals surface area (Å²) in [6.07, 6.45) is -6.17. The lowest BCUT2D eigenvalue weighted by molar-refractivity contribution is -0.255. The maximum absolute atomic E-state index is 15.1. The Bertz CT molecular complexity index is 1770. The first-order valence-corrected chi connectivity index (χ1v) is 16.4. The summed E-state index contributed by atoms with van der Waals surface area (Å²) >= 11 is 0. The molecule has 0 N–H and O–H groups in total. The second-order valence-electron chi connectivity index (χ2n) is 12.6. The van der Waals surface area contributed by atoms with Gasteiger partial charge in [-0.1, -0.05) is 56.9 Å². The van der Waals surface area contributed by atoms with E-state index in [1.807, 2.05) is 0 Å². The number of benzene rings is 4. The number of halogens is 11. The van der Waals surface area contributed by atoms with Crippen molar-refractivity contribution >= 4 is 0 Å². The Kier molecular flexibility index (Phi) is 11.6. The van der Waals surface area contributed by atoms with Crippen LogP contribution in [0.5, 0.6) is 11.5 Å². The van der Waals surface area contributed by atoms with Gasteiger partial charge in [-0.25, -0.2) is 22.0 Å². The quantitative estimate of drug-likeness (QED) is 0.101. The lowest BCUT2D eigenvalue weighted by Crippen LogP contribution is -2.34. The van der Waals surface area contributed by atoms with E-state index in [0.29, 0.717) is 23.6 Å². The first-order valence-electron chi connectivity index (χ1n) is 16.4. The summed E-state index contributed by atoms with van der Waals surface area (Å²) in [4.78, 5) is 0. The molecule has 1 saturated carbocycles. The molecule has 0 aromatic heterocycles. The Labute approximate surface area is 287 Å². The molecule has 13 heteroatoms. The van der Waals surface area contributed by atoms with Gasteiger partial charge in [-0.3, -0.25) is 0 Å². The molecule has 0 aliphatic heterocycles. The topological polar surface area (TPSA) is 18.5 Å². The van der Waals surface area contributed by atoms with Gasteiger partial charge in [-0.15, -0.1) is 0 Å². The van der Waals surface area contributed by atoms with Crippen LogP contribution in [-0.2, 0) is 6.11 Å². The van der Waals surface area contributed by atoms with Crippen LogP contribution in [0, 0.1) is 35.0 Å². The molecule has 1 fully saturated rings. The maximum Gasteiger partial charge on any atom is 0.461 e. The number of hydrogen-bond donors (Lipinski definition) is 0. The number of ether oxygens (including phenoxy) is 2. The zero-order valence-corrected chi connectivity index (χ0v) is 27.2. The molecule has 0 saturated heterocycles. The lowest BCUT2D eigenvalue weighted by Gasteiger charge is -2.29. The van der Waals surface area contributed by atoms with Gasteiger partial charge in [0, 0.05) is 5.56 Å². The van der Waals surface area contributed by atoms with Crippen LogP contribution < -0.4 is 9.47 Å². The second kappa shape index (κ2) is 15.5. The highest BCUT2D eigenvalue weighted by molar-refractivity contribution is 5.72. The minimum Gasteiger partial charge on any atom is -0.429 e. The van der Waals surface area contributed by atoms with Crippen LogP contribution in [0.1, 0.15) is 75.3 Å². The summed E-state index contributed by atoms with van der Waals surface area (Å²) in [6, 6.07) is 10.7. The molecular formula is C38H33F11O2. The van der Waals surface area contributed by atoms with Crippen molar-refractivity contribution < 1.29 is 57.8 Å². The third-order valence-electron chi connectivity index (χ3n) is 9.09. The van der Waals surface area contributed by atoms with Gasteiger partial charge in [-0.05, 0) is 102 Å². The first-order chi connectivity index (χ1) is 24.1. The summed E-state index contributed by atoms with van der Waals surface area (Å²) in [5.74, 6) is -9.29. The molecule has 5 rings (SSSR count). The van der Waals surface area contributed by atoms with E-state index < -0.39 is 75.9 Å². The second-order valence-corrected chi connectivity index (χ2v) is 12.6.